The zero-order chi connectivity index (χ0) is 19.8. The zero-order valence-corrected chi connectivity index (χ0v) is 16.1. The Hall–Kier alpha value is -3.02. The summed E-state index contributed by atoms with van der Waals surface area (Å²) < 4.78 is 11.1. The maximum atomic E-state index is 12.0. The normalized spacial score (nSPS) is 11.6. The van der Waals surface area contributed by atoms with E-state index in [2.05, 4.69) is 24.7 Å². The van der Waals surface area contributed by atoms with Gasteiger partial charge in [0.2, 0.25) is 0 Å². The van der Waals surface area contributed by atoms with Gasteiger partial charge in [-0.2, -0.15) is 0 Å². The minimum Gasteiger partial charge on any atom is -0.483 e. The number of rotatable bonds is 7. The molecule has 2 aromatic carbocycles. The fraction of sp³-hybridized carbons (Fsp3) is 0.333. The Balaban J connectivity index is 1.77. The lowest BCUT2D eigenvalue weighted by Gasteiger charge is -2.16. The van der Waals surface area contributed by atoms with E-state index in [0.29, 0.717) is 11.5 Å². The van der Waals surface area contributed by atoms with Gasteiger partial charge in [0, 0.05) is 0 Å². The van der Waals surface area contributed by atoms with Crippen LogP contribution in [0, 0.1) is 6.92 Å². The number of benzene rings is 2. The van der Waals surface area contributed by atoms with Crippen molar-refractivity contribution in [2.24, 2.45) is 0 Å². The summed E-state index contributed by atoms with van der Waals surface area (Å²) in [7, 11) is 0. The number of amides is 2. The monoisotopic (exact) mass is 370 g/mol. The molecule has 6 nitrogen and oxygen atoms in total. The Bertz CT molecular complexity index is 772. The molecule has 2 aromatic rings. The molecule has 6 heteroatoms. The van der Waals surface area contributed by atoms with E-state index < -0.39 is 17.9 Å². The summed E-state index contributed by atoms with van der Waals surface area (Å²) in [4.78, 5) is 24.0. The zero-order valence-electron chi connectivity index (χ0n) is 16.1. The number of nitrogens with one attached hydrogen (secondary N) is 2. The average Bonchev–Trinajstić information content (AvgIpc) is 2.66. The SMILES string of the molecule is Cc1ccc(O[C@H](C)C(=O)NNC(=O)COc2ccccc2C(C)C)cc1. The Morgan fingerprint density at radius 1 is 0.963 bits per heavy atom. The Morgan fingerprint density at radius 2 is 1.63 bits per heavy atom. The number of para-hydroxylation sites is 1. The molecular weight excluding hydrogens is 344 g/mol. The minimum atomic E-state index is -0.754. The lowest BCUT2D eigenvalue weighted by molar-refractivity contribution is -0.133. The third-order valence-electron chi connectivity index (χ3n) is 3.93. The number of aryl methyl sites for hydroxylation is 1. The van der Waals surface area contributed by atoms with E-state index in [9.17, 15) is 9.59 Å². The van der Waals surface area contributed by atoms with Gasteiger partial charge in [0.25, 0.3) is 11.8 Å². The van der Waals surface area contributed by atoms with Crippen LogP contribution in [-0.2, 0) is 9.59 Å². The molecule has 0 radical (unpaired) electrons. The van der Waals surface area contributed by atoms with Crippen molar-refractivity contribution < 1.29 is 19.1 Å². The average molecular weight is 370 g/mol. The highest BCUT2D eigenvalue weighted by Gasteiger charge is 2.16. The van der Waals surface area contributed by atoms with Crippen molar-refractivity contribution in [3.8, 4) is 11.5 Å². The Morgan fingerprint density at radius 3 is 2.30 bits per heavy atom. The molecule has 0 saturated carbocycles. The van der Waals surface area contributed by atoms with Crippen LogP contribution in [0.4, 0.5) is 0 Å². The highest BCUT2D eigenvalue weighted by atomic mass is 16.5. The summed E-state index contributed by atoms with van der Waals surface area (Å²) >= 11 is 0. The van der Waals surface area contributed by atoms with Crippen LogP contribution in [0.25, 0.3) is 0 Å². The lowest BCUT2D eigenvalue weighted by atomic mass is 10.0. The highest BCUT2D eigenvalue weighted by Crippen LogP contribution is 2.25. The van der Waals surface area contributed by atoms with E-state index in [0.717, 1.165) is 11.1 Å². The van der Waals surface area contributed by atoms with E-state index >= 15 is 0 Å². The first-order chi connectivity index (χ1) is 12.9. The molecule has 0 aromatic heterocycles. The van der Waals surface area contributed by atoms with Crippen LogP contribution in [0.1, 0.15) is 37.8 Å². The van der Waals surface area contributed by atoms with Gasteiger partial charge in [-0.25, -0.2) is 0 Å². The topological polar surface area (TPSA) is 76.7 Å². The Kier molecular flexibility index (Phi) is 7.23. The van der Waals surface area contributed by atoms with Crippen molar-refractivity contribution in [3.05, 3.63) is 59.7 Å². The first kappa shape index (κ1) is 20.3. The van der Waals surface area contributed by atoms with Gasteiger partial charge in [-0.05, 0) is 43.5 Å². The van der Waals surface area contributed by atoms with Gasteiger partial charge in [-0.15, -0.1) is 0 Å². The molecule has 1 atom stereocenters. The molecule has 0 aliphatic carbocycles. The van der Waals surface area contributed by atoms with Gasteiger partial charge >= 0.3 is 0 Å². The Labute approximate surface area is 159 Å². The molecule has 0 aliphatic rings. The van der Waals surface area contributed by atoms with Crippen molar-refractivity contribution in [3.63, 3.8) is 0 Å². The quantitative estimate of drug-likeness (QED) is 0.734. The summed E-state index contributed by atoms with van der Waals surface area (Å²) in [6.07, 6.45) is -0.754. The summed E-state index contributed by atoms with van der Waals surface area (Å²) in [5.74, 6) is 0.618. The molecule has 0 saturated heterocycles. The third kappa shape index (κ3) is 6.33. The molecule has 0 fully saturated rings. The van der Waals surface area contributed by atoms with Crippen LogP contribution >= 0.6 is 0 Å². The molecule has 27 heavy (non-hydrogen) atoms. The van der Waals surface area contributed by atoms with E-state index in [4.69, 9.17) is 9.47 Å². The largest absolute Gasteiger partial charge is 0.483 e. The number of carbonyl (C=O) groups is 2. The number of hydrogen-bond donors (Lipinski definition) is 2. The van der Waals surface area contributed by atoms with Crippen molar-refractivity contribution in [1.82, 2.24) is 10.9 Å². The fourth-order valence-electron chi connectivity index (χ4n) is 2.38. The molecule has 2 rings (SSSR count). The number of ether oxygens (including phenoxy) is 2. The first-order valence-electron chi connectivity index (χ1n) is 8.90. The van der Waals surface area contributed by atoms with Gasteiger partial charge in [-0.3, -0.25) is 20.4 Å². The van der Waals surface area contributed by atoms with E-state index in [-0.39, 0.29) is 12.5 Å². The standard InChI is InChI=1S/C21H26N2O4/c1-14(2)18-7-5-6-8-19(18)26-13-20(24)22-23-21(25)16(4)27-17-11-9-15(3)10-12-17/h5-12,14,16H,13H2,1-4H3,(H,22,24)(H,23,25)/t16-/m1/s1. The van der Waals surface area contributed by atoms with E-state index in [1.54, 1.807) is 19.1 Å². The van der Waals surface area contributed by atoms with Crippen molar-refractivity contribution in [1.29, 1.82) is 0 Å². The fourth-order valence-corrected chi connectivity index (χ4v) is 2.38. The molecule has 144 valence electrons. The maximum Gasteiger partial charge on any atom is 0.279 e. The predicted octanol–water partition coefficient (Wildman–Crippen LogP) is 3.11. The highest BCUT2D eigenvalue weighted by molar-refractivity contribution is 5.85. The van der Waals surface area contributed by atoms with Gasteiger partial charge in [-0.1, -0.05) is 49.7 Å². The number of carbonyl (C=O) groups excluding carboxylic acids is 2. The molecule has 0 heterocycles. The molecule has 2 amide bonds. The smallest absolute Gasteiger partial charge is 0.279 e. The molecule has 0 spiro atoms. The summed E-state index contributed by atoms with van der Waals surface area (Å²) in [6, 6.07) is 14.9. The number of hydrogen-bond acceptors (Lipinski definition) is 4. The minimum absolute atomic E-state index is 0.197. The van der Waals surface area contributed by atoms with Gasteiger partial charge in [0.1, 0.15) is 11.5 Å². The summed E-state index contributed by atoms with van der Waals surface area (Å²) in [6.45, 7) is 7.49. The molecular formula is C21H26N2O4. The second-order valence-electron chi connectivity index (χ2n) is 6.59. The third-order valence-corrected chi connectivity index (χ3v) is 3.93. The van der Waals surface area contributed by atoms with Crippen LogP contribution in [0.2, 0.25) is 0 Å². The maximum absolute atomic E-state index is 12.0. The van der Waals surface area contributed by atoms with E-state index in [1.807, 2.05) is 43.3 Å². The van der Waals surface area contributed by atoms with Gasteiger partial charge in [0.05, 0.1) is 0 Å². The van der Waals surface area contributed by atoms with Crippen LogP contribution in [0.3, 0.4) is 0 Å². The van der Waals surface area contributed by atoms with E-state index in [1.165, 1.54) is 0 Å². The van der Waals surface area contributed by atoms with Crippen molar-refractivity contribution in [2.45, 2.75) is 39.7 Å². The molecule has 2 N–H and O–H groups in total. The molecule has 0 unspecified atom stereocenters. The second kappa shape index (κ2) is 9.62. The first-order valence-corrected chi connectivity index (χ1v) is 8.90. The van der Waals surface area contributed by atoms with Gasteiger partial charge in [0.15, 0.2) is 12.7 Å². The second-order valence-corrected chi connectivity index (χ2v) is 6.59. The van der Waals surface area contributed by atoms with Crippen LogP contribution in [-0.4, -0.2) is 24.5 Å². The predicted molar refractivity (Wildman–Crippen MR) is 104 cm³/mol. The van der Waals surface area contributed by atoms with Crippen molar-refractivity contribution >= 4 is 11.8 Å². The summed E-state index contributed by atoms with van der Waals surface area (Å²) in [5.41, 5.74) is 6.80. The molecule has 0 aliphatic heterocycles. The van der Waals surface area contributed by atoms with Crippen LogP contribution in [0.15, 0.2) is 48.5 Å². The van der Waals surface area contributed by atoms with Gasteiger partial charge < -0.3 is 9.47 Å². The number of hydrazine groups is 1. The molecule has 0 bridgehead atoms. The lowest BCUT2D eigenvalue weighted by Crippen LogP contribution is -2.48. The summed E-state index contributed by atoms with van der Waals surface area (Å²) in [5, 5.41) is 0. The van der Waals surface area contributed by atoms with Crippen LogP contribution in [0.5, 0.6) is 11.5 Å². The van der Waals surface area contributed by atoms with Crippen LogP contribution < -0.4 is 20.3 Å². The van der Waals surface area contributed by atoms with Crippen molar-refractivity contribution in [2.75, 3.05) is 6.61 Å².